The van der Waals surface area contributed by atoms with Gasteiger partial charge in [-0.05, 0) is 57.4 Å². The van der Waals surface area contributed by atoms with Crippen molar-refractivity contribution in [2.45, 2.75) is 39.7 Å². The molecule has 2 aromatic heterocycles. The van der Waals surface area contributed by atoms with E-state index in [0.717, 1.165) is 30.5 Å². The average Bonchev–Trinajstić information content (AvgIpc) is 2.77. The molecular formula is C24H26N4O3. The van der Waals surface area contributed by atoms with Crippen molar-refractivity contribution < 1.29 is 9.59 Å². The predicted octanol–water partition coefficient (Wildman–Crippen LogP) is 3.28. The topological polar surface area (TPSA) is 84.3 Å². The molecule has 0 unspecified atom stereocenters. The van der Waals surface area contributed by atoms with Crippen LogP contribution in [-0.2, 0) is 11.3 Å². The first-order chi connectivity index (χ1) is 14.9. The van der Waals surface area contributed by atoms with Crippen molar-refractivity contribution in [1.82, 2.24) is 14.5 Å². The smallest absolute Gasteiger partial charge is 0.259 e. The third-order valence-electron chi connectivity index (χ3n) is 5.58. The van der Waals surface area contributed by atoms with E-state index in [9.17, 15) is 14.4 Å². The van der Waals surface area contributed by atoms with Gasteiger partial charge in [0.05, 0.1) is 5.39 Å². The third kappa shape index (κ3) is 4.50. The molecule has 0 bridgehead atoms. The molecule has 1 aliphatic heterocycles. The number of hydrogen-bond donors (Lipinski definition) is 1. The average molecular weight is 418 g/mol. The number of aryl methyl sites for hydroxylation is 2. The van der Waals surface area contributed by atoms with Gasteiger partial charge in [0.1, 0.15) is 17.8 Å². The number of likely N-dealkylation sites (tertiary alicyclic amines) is 1. The van der Waals surface area contributed by atoms with Crippen LogP contribution in [0, 0.1) is 13.8 Å². The van der Waals surface area contributed by atoms with Crippen molar-refractivity contribution in [3.05, 3.63) is 69.6 Å². The van der Waals surface area contributed by atoms with Crippen LogP contribution in [0.3, 0.4) is 0 Å². The number of aromatic nitrogens is 2. The number of fused-ring (bicyclic) bond motifs is 1. The number of carbonyl (C=O) groups excluding carboxylic acids is 2. The zero-order valence-electron chi connectivity index (χ0n) is 17.9. The first kappa shape index (κ1) is 20.8. The van der Waals surface area contributed by atoms with Gasteiger partial charge in [0.25, 0.3) is 5.91 Å². The lowest BCUT2D eigenvalue weighted by Gasteiger charge is -2.26. The molecule has 4 rings (SSSR count). The molecule has 7 nitrogen and oxygen atoms in total. The third-order valence-corrected chi connectivity index (χ3v) is 5.58. The van der Waals surface area contributed by atoms with Gasteiger partial charge >= 0.3 is 0 Å². The summed E-state index contributed by atoms with van der Waals surface area (Å²) in [5, 5.41) is 3.21. The van der Waals surface area contributed by atoms with Crippen LogP contribution < -0.4 is 10.7 Å². The molecule has 0 saturated carbocycles. The van der Waals surface area contributed by atoms with Crippen molar-refractivity contribution in [2.75, 3.05) is 18.4 Å². The monoisotopic (exact) mass is 418 g/mol. The molecule has 1 aromatic carbocycles. The van der Waals surface area contributed by atoms with Crippen LogP contribution in [0.25, 0.3) is 11.0 Å². The molecular weight excluding hydrogens is 392 g/mol. The van der Waals surface area contributed by atoms with Gasteiger partial charge < -0.3 is 14.8 Å². The van der Waals surface area contributed by atoms with Crippen molar-refractivity contribution >= 4 is 28.5 Å². The second kappa shape index (κ2) is 8.71. The first-order valence-electron chi connectivity index (χ1n) is 10.6. The van der Waals surface area contributed by atoms with Gasteiger partial charge in [-0.3, -0.25) is 14.4 Å². The van der Waals surface area contributed by atoms with Crippen molar-refractivity contribution in [2.24, 2.45) is 0 Å². The normalized spacial score (nSPS) is 13.9. The summed E-state index contributed by atoms with van der Waals surface area (Å²) in [6.07, 6.45) is 4.46. The lowest BCUT2D eigenvalue weighted by molar-refractivity contribution is -0.116. The molecule has 1 saturated heterocycles. The second-order valence-corrected chi connectivity index (χ2v) is 8.09. The number of benzene rings is 1. The molecule has 2 amide bonds. The van der Waals surface area contributed by atoms with Crippen LogP contribution in [0.2, 0.25) is 0 Å². The SMILES string of the molecule is Cc1ccc(NC(=O)Cn2cc(C(=O)N3CCCCC3)c(=O)c3ccc(C)nc32)cc1. The number of nitrogens with zero attached hydrogens (tertiary/aromatic N) is 3. The minimum atomic E-state index is -0.340. The molecule has 7 heteroatoms. The molecule has 31 heavy (non-hydrogen) atoms. The molecule has 1 N–H and O–H groups in total. The number of piperidine rings is 1. The highest BCUT2D eigenvalue weighted by molar-refractivity contribution is 5.97. The van der Waals surface area contributed by atoms with Gasteiger partial charge in [-0.25, -0.2) is 4.98 Å². The van der Waals surface area contributed by atoms with Crippen LogP contribution in [0.5, 0.6) is 0 Å². The molecule has 1 aliphatic rings. The summed E-state index contributed by atoms with van der Waals surface area (Å²) in [5.74, 6) is -0.534. The van der Waals surface area contributed by atoms with Crippen LogP contribution in [-0.4, -0.2) is 39.4 Å². The Balaban J connectivity index is 1.70. The van der Waals surface area contributed by atoms with Gasteiger partial charge in [0.2, 0.25) is 11.3 Å². The lowest BCUT2D eigenvalue weighted by atomic mass is 10.1. The number of amides is 2. The Morgan fingerprint density at radius 1 is 1.00 bits per heavy atom. The summed E-state index contributed by atoms with van der Waals surface area (Å²) < 4.78 is 1.60. The zero-order chi connectivity index (χ0) is 22.0. The molecule has 0 aliphatic carbocycles. The molecule has 0 radical (unpaired) electrons. The maximum Gasteiger partial charge on any atom is 0.259 e. The summed E-state index contributed by atoms with van der Waals surface area (Å²) in [5.41, 5.74) is 2.67. The summed E-state index contributed by atoms with van der Waals surface area (Å²) >= 11 is 0. The van der Waals surface area contributed by atoms with E-state index in [1.165, 1.54) is 6.20 Å². The quantitative estimate of drug-likeness (QED) is 0.705. The first-order valence-corrected chi connectivity index (χ1v) is 10.6. The zero-order valence-corrected chi connectivity index (χ0v) is 17.9. The Labute approximate surface area is 180 Å². The van der Waals surface area contributed by atoms with Gasteiger partial charge in [0, 0.05) is 30.7 Å². The van der Waals surface area contributed by atoms with E-state index in [1.54, 1.807) is 21.6 Å². The largest absolute Gasteiger partial charge is 0.338 e. The van der Waals surface area contributed by atoms with E-state index in [-0.39, 0.29) is 29.4 Å². The van der Waals surface area contributed by atoms with Crippen LogP contribution in [0.15, 0.2) is 47.4 Å². The summed E-state index contributed by atoms with van der Waals surface area (Å²) in [6, 6.07) is 10.9. The van der Waals surface area contributed by atoms with Gasteiger partial charge in [0.15, 0.2) is 0 Å². The van der Waals surface area contributed by atoms with Gasteiger partial charge in [-0.15, -0.1) is 0 Å². The van der Waals surface area contributed by atoms with Crippen LogP contribution in [0.4, 0.5) is 5.69 Å². The van der Waals surface area contributed by atoms with Crippen LogP contribution >= 0.6 is 0 Å². The van der Waals surface area contributed by atoms with E-state index >= 15 is 0 Å². The van der Waals surface area contributed by atoms with Crippen molar-refractivity contribution in [3.8, 4) is 0 Å². The molecule has 160 valence electrons. The standard InChI is InChI=1S/C24H26N4O3/c1-16-6-9-18(10-7-16)26-21(29)15-28-14-20(24(31)27-12-4-3-5-13-27)22(30)19-11-8-17(2)25-23(19)28/h6-11,14H,3-5,12-13,15H2,1-2H3,(H,26,29). The van der Waals surface area contributed by atoms with E-state index in [1.807, 2.05) is 38.1 Å². The highest BCUT2D eigenvalue weighted by Gasteiger charge is 2.23. The fourth-order valence-corrected chi connectivity index (χ4v) is 3.89. The Morgan fingerprint density at radius 2 is 1.71 bits per heavy atom. The molecule has 3 aromatic rings. The van der Waals surface area contributed by atoms with Crippen molar-refractivity contribution in [3.63, 3.8) is 0 Å². The summed E-state index contributed by atoms with van der Waals surface area (Å²) in [4.78, 5) is 45.1. The Morgan fingerprint density at radius 3 is 2.42 bits per heavy atom. The Hall–Kier alpha value is -3.48. The maximum atomic E-state index is 13.1. The van der Waals surface area contributed by atoms with E-state index in [2.05, 4.69) is 10.3 Å². The highest BCUT2D eigenvalue weighted by atomic mass is 16.2. The maximum absolute atomic E-state index is 13.1. The number of anilines is 1. The van der Waals surface area contributed by atoms with Crippen LogP contribution in [0.1, 0.15) is 40.9 Å². The number of carbonyl (C=O) groups is 2. The van der Waals surface area contributed by atoms with Gasteiger partial charge in [-0.1, -0.05) is 17.7 Å². The summed E-state index contributed by atoms with van der Waals surface area (Å²) in [6.45, 7) is 5.05. The Kier molecular flexibility index (Phi) is 5.84. The number of pyridine rings is 2. The predicted molar refractivity (Wildman–Crippen MR) is 120 cm³/mol. The number of hydrogen-bond acceptors (Lipinski definition) is 4. The molecule has 0 atom stereocenters. The van der Waals surface area contributed by atoms with Crippen molar-refractivity contribution in [1.29, 1.82) is 0 Å². The molecule has 3 heterocycles. The Bertz CT molecular complexity index is 1190. The number of rotatable bonds is 4. The lowest BCUT2D eigenvalue weighted by Crippen LogP contribution is -2.38. The fourth-order valence-electron chi connectivity index (χ4n) is 3.89. The second-order valence-electron chi connectivity index (χ2n) is 8.09. The number of nitrogens with one attached hydrogen (secondary N) is 1. The molecule has 0 spiro atoms. The van der Waals surface area contributed by atoms with E-state index < -0.39 is 0 Å². The van der Waals surface area contributed by atoms with E-state index in [4.69, 9.17) is 0 Å². The summed E-state index contributed by atoms with van der Waals surface area (Å²) in [7, 11) is 0. The minimum absolute atomic E-state index is 0.0542. The van der Waals surface area contributed by atoms with Gasteiger partial charge in [-0.2, -0.15) is 0 Å². The van der Waals surface area contributed by atoms with E-state index in [0.29, 0.717) is 29.8 Å². The fraction of sp³-hybridized carbons (Fsp3) is 0.333. The highest BCUT2D eigenvalue weighted by Crippen LogP contribution is 2.16. The minimum Gasteiger partial charge on any atom is -0.338 e. The molecule has 1 fully saturated rings.